The Morgan fingerprint density at radius 3 is 1.21 bits per heavy atom. The van der Waals surface area contributed by atoms with Gasteiger partial charge in [-0.3, -0.25) is 0 Å². The topological polar surface area (TPSA) is 282 Å². The summed E-state index contributed by atoms with van der Waals surface area (Å²) in [6.45, 7) is 6.97. The number of ether oxygens (including phenoxy) is 4. The first-order chi connectivity index (χ1) is 62.6. The number of hydrogen-bond acceptors (Lipinski definition) is 19. The Bertz CT molecular complexity index is 7960. The number of aromatic nitrogens is 8. The molecule has 0 fully saturated rings. The van der Waals surface area contributed by atoms with Crippen LogP contribution in [0.1, 0.15) is 20.8 Å². The van der Waals surface area contributed by atoms with Crippen molar-refractivity contribution in [3.63, 3.8) is 0 Å². The standard InChI is InChI=1S/C30H22N2O2.C27H18N2O2.C26H20N2O4.C26H20N2O3/c1-2-34-29-18-27(31-30(32-29)24-13-7-8-14-28(24)33)26-17-25-20-10-4-3-9-19(20)15-16-23(25)21-11-5-6-12-22(21)26;1-31-24-15-22(28-27(29-24)21-7-2-3-8-23(21)30)19-13-11-18-10-9-16-5-4-6-17-12-14-20(19)26(18)25(16)17;1-2-32-24-14-21(27-26(28-24)25-22(30)12-20(29)13-23(25)31)18-8-7-17-9-15-5-3-4-6-16(15)10-19(17)11-18;1-2-31-23-15-20(27-26(28-23)25-21(29)12-7-13-22(25)30)24-18-10-5-3-8-16(18)14-17-9-4-6-11-19(17)24/h3-18,33H,2H2,1H3;2-15,30H,1H3;3-14,29-31H,2H2,1H3;3-15,29-30H,2H2,1H3. The smallest absolute Gasteiger partial charge is 0.217 e. The second-order valence-electron chi connectivity index (χ2n) is 30.5. The number of nitrogens with zero attached hydrogens (tertiary/aromatic N) is 8. The Balaban J connectivity index is 0.000000111. The van der Waals surface area contributed by atoms with Crippen LogP contribution in [0.25, 0.3) is 198 Å². The zero-order chi connectivity index (χ0) is 87.6. The molecule has 4 aromatic heterocycles. The van der Waals surface area contributed by atoms with Gasteiger partial charge in [0.2, 0.25) is 23.5 Å². The molecule has 0 radical (unpaired) electrons. The van der Waals surface area contributed by atoms with Crippen molar-refractivity contribution in [1.29, 1.82) is 0 Å². The summed E-state index contributed by atoms with van der Waals surface area (Å²) in [6, 6.07) is 108. The van der Waals surface area contributed by atoms with E-state index in [0.717, 1.165) is 94.3 Å². The maximum atomic E-state index is 10.5. The average molecular weight is 1680 g/mol. The van der Waals surface area contributed by atoms with Gasteiger partial charge >= 0.3 is 0 Å². The van der Waals surface area contributed by atoms with Crippen LogP contribution in [0.5, 0.6) is 63.8 Å². The number of methoxy groups -OCH3 is 1. The summed E-state index contributed by atoms with van der Waals surface area (Å²) in [5, 5.41) is 94.9. The third-order valence-electron chi connectivity index (χ3n) is 22.6. The molecule has 128 heavy (non-hydrogen) atoms. The van der Waals surface area contributed by atoms with Crippen molar-refractivity contribution in [1.82, 2.24) is 39.9 Å². The van der Waals surface area contributed by atoms with Crippen LogP contribution in [0.15, 0.2) is 334 Å². The minimum Gasteiger partial charge on any atom is -0.508 e. The van der Waals surface area contributed by atoms with E-state index in [1.165, 1.54) is 71.4 Å². The van der Waals surface area contributed by atoms with Gasteiger partial charge < -0.3 is 54.7 Å². The van der Waals surface area contributed by atoms with Crippen molar-refractivity contribution < 1.29 is 54.7 Å². The molecule has 22 rings (SSSR count). The summed E-state index contributed by atoms with van der Waals surface area (Å²) >= 11 is 0. The van der Waals surface area contributed by atoms with E-state index in [1.807, 2.05) is 112 Å². The van der Waals surface area contributed by atoms with E-state index in [1.54, 1.807) is 55.6 Å². The van der Waals surface area contributed by atoms with Gasteiger partial charge in [-0.15, -0.1) is 0 Å². The van der Waals surface area contributed by atoms with Gasteiger partial charge in [-0.2, -0.15) is 19.9 Å². The third-order valence-corrected chi connectivity index (χ3v) is 22.6. The minimum absolute atomic E-state index is 0.0254. The van der Waals surface area contributed by atoms with Crippen LogP contribution >= 0.6 is 0 Å². The van der Waals surface area contributed by atoms with E-state index in [2.05, 4.69) is 195 Å². The SMILES string of the molecule is CCOc1cc(-c2c3ccccc3cc3ccccc23)nc(-c2c(O)cccc2O)n1.CCOc1cc(-c2cc3c4ccccc4ccc3c3ccccc23)nc(-c2ccccc2O)n1.CCOc1cc(-c2ccc3cc4ccccc4cc3c2)nc(-c2c(O)cc(O)cc2O)n1.COc1cc(-c2ccc3ccc4cccc5ccc2c3c45)nc(-c2ccccc2O)n1. The number of phenolic OH excluding ortho intramolecular Hbond substituents is 7. The molecule has 0 saturated heterocycles. The minimum atomic E-state index is -0.327. The van der Waals surface area contributed by atoms with E-state index in [9.17, 15) is 35.7 Å². The molecule has 19 nitrogen and oxygen atoms in total. The predicted octanol–water partition coefficient (Wildman–Crippen LogP) is 25.4. The van der Waals surface area contributed by atoms with Crippen LogP contribution in [0, 0.1) is 0 Å². The van der Waals surface area contributed by atoms with Crippen LogP contribution in [-0.2, 0) is 0 Å². The Labute approximate surface area is 733 Å². The molecule has 7 N–H and O–H groups in total. The number of para-hydroxylation sites is 2. The third kappa shape index (κ3) is 15.7. The van der Waals surface area contributed by atoms with E-state index in [0.29, 0.717) is 77.5 Å². The second kappa shape index (κ2) is 34.7. The van der Waals surface area contributed by atoms with Crippen molar-refractivity contribution >= 4 is 108 Å². The lowest BCUT2D eigenvalue weighted by Gasteiger charge is -2.14. The largest absolute Gasteiger partial charge is 0.508 e. The molecule has 0 bridgehead atoms. The van der Waals surface area contributed by atoms with Crippen molar-refractivity contribution in [2.75, 3.05) is 26.9 Å². The van der Waals surface area contributed by atoms with Crippen molar-refractivity contribution in [2.24, 2.45) is 0 Å². The lowest BCUT2D eigenvalue weighted by atomic mass is 9.91. The van der Waals surface area contributed by atoms with Crippen LogP contribution in [-0.4, -0.2) is 103 Å². The molecule has 0 saturated carbocycles. The summed E-state index contributed by atoms with van der Waals surface area (Å²) in [4.78, 5) is 36.9. The first-order valence-electron chi connectivity index (χ1n) is 41.8. The molecule has 19 heteroatoms. The fourth-order valence-electron chi connectivity index (χ4n) is 16.8. The highest BCUT2D eigenvalue weighted by atomic mass is 16.5. The van der Waals surface area contributed by atoms with Gasteiger partial charge in [0, 0.05) is 58.7 Å². The van der Waals surface area contributed by atoms with Gasteiger partial charge in [-0.05, 0) is 195 Å². The molecule has 622 valence electrons. The highest BCUT2D eigenvalue weighted by Crippen LogP contribution is 2.47. The van der Waals surface area contributed by atoms with Gasteiger partial charge in [-0.25, -0.2) is 19.9 Å². The second-order valence-corrected chi connectivity index (χ2v) is 30.5. The molecule has 4 heterocycles. The van der Waals surface area contributed by atoms with Crippen molar-refractivity contribution in [3.8, 4) is 154 Å². The van der Waals surface area contributed by atoms with Crippen LogP contribution < -0.4 is 18.9 Å². The highest BCUT2D eigenvalue weighted by molar-refractivity contribution is 6.26. The highest BCUT2D eigenvalue weighted by Gasteiger charge is 2.24. The van der Waals surface area contributed by atoms with Gasteiger partial charge in [0.15, 0.2) is 23.3 Å². The number of hydrogen-bond donors (Lipinski definition) is 7. The summed E-state index contributed by atoms with van der Waals surface area (Å²) in [5.41, 5.74) is 7.88. The Hall–Kier alpha value is -17.1. The number of phenols is 7. The van der Waals surface area contributed by atoms with E-state index in [-0.39, 0.29) is 63.0 Å². The molecule has 0 atom stereocenters. The first kappa shape index (κ1) is 80.7. The lowest BCUT2D eigenvalue weighted by molar-refractivity contribution is 0.326. The molecule has 22 aromatic rings. The fraction of sp³-hybridized carbons (Fsp3) is 0.0642. The average Bonchev–Trinajstić information content (AvgIpc) is 0.739. The summed E-state index contributed by atoms with van der Waals surface area (Å²) in [6.07, 6.45) is 0. The molecular weight excluding hydrogens is 1600 g/mol. The van der Waals surface area contributed by atoms with E-state index >= 15 is 0 Å². The maximum Gasteiger partial charge on any atom is 0.217 e. The molecule has 0 amide bonds. The molecule has 0 spiro atoms. The van der Waals surface area contributed by atoms with E-state index in [4.69, 9.17) is 33.9 Å². The van der Waals surface area contributed by atoms with Crippen LogP contribution in [0.2, 0.25) is 0 Å². The zero-order valence-corrected chi connectivity index (χ0v) is 69.7. The maximum absolute atomic E-state index is 10.5. The van der Waals surface area contributed by atoms with Gasteiger partial charge in [-0.1, -0.05) is 231 Å². The lowest BCUT2D eigenvalue weighted by Crippen LogP contribution is -2.00. The number of fused-ring (bicyclic) bond motifs is 9. The number of benzene rings is 18. The normalized spacial score (nSPS) is 11.3. The molecule has 0 unspecified atom stereocenters. The predicted molar refractivity (Wildman–Crippen MR) is 510 cm³/mol. The zero-order valence-electron chi connectivity index (χ0n) is 69.7. The van der Waals surface area contributed by atoms with Crippen molar-refractivity contribution in [3.05, 3.63) is 334 Å². The summed E-state index contributed by atoms with van der Waals surface area (Å²) in [7, 11) is 1.59. The molecule has 18 aromatic carbocycles. The fourth-order valence-corrected chi connectivity index (χ4v) is 16.8. The molecule has 0 aliphatic rings. The Kier molecular flexibility index (Phi) is 21.9. The van der Waals surface area contributed by atoms with Crippen LogP contribution in [0.4, 0.5) is 0 Å². The number of aromatic hydroxyl groups is 7. The van der Waals surface area contributed by atoms with Crippen LogP contribution in [0.3, 0.4) is 0 Å². The Morgan fingerprint density at radius 2 is 0.609 bits per heavy atom. The molecular formula is C109H80N8O11. The molecule has 0 aliphatic heterocycles. The van der Waals surface area contributed by atoms with E-state index < -0.39 is 0 Å². The van der Waals surface area contributed by atoms with Gasteiger partial charge in [0.05, 0.1) is 60.8 Å². The van der Waals surface area contributed by atoms with Crippen molar-refractivity contribution in [2.45, 2.75) is 20.8 Å². The molecule has 0 aliphatic carbocycles. The summed E-state index contributed by atoms with van der Waals surface area (Å²) in [5.74, 6) is 1.96. The quantitative estimate of drug-likeness (QED) is 0.0371. The summed E-state index contributed by atoms with van der Waals surface area (Å²) < 4.78 is 22.6. The van der Waals surface area contributed by atoms with Gasteiger partial charge in [0.1, 0.15) is 51.4 Å². The monoisotopic (exact) mass is 1680 g/mol. The number of rotatable bonds is 15. The Morgan fingerprint density at radius 1 is 0.219 bits per heavy atom. The van der Waals surface area contributed by atoms with Gasteiger partial charge in [0.25, 0.3) is 0 Å². The first-order valence-corrected chi connectivity index (χ1v) is 41.8.